The average molecular weight is 215 g/mol. The van der Waals surface area contributed by atoms with Gasteiger partial charge in [0.25, 0.3) is 0 Å². The fraction of sp³-hybridized carbons (Fsp3) is 0.917. The second-order valence-electron chi connectivity index (χ2n) is 4.65. The van der Waals surface area contributed by atoms with Crippen molar-refractivity contribution in [3.8, 4) is 0 Å². The number of carbonyl (C=O) groups is 1. The zero-order chi connectivity index (χ0) is 11.8. The van der Waals surface area contributed by atoms with Gasteiger partial charge in [0.1, 0.15) is 6.10 Å². The monoisotopic (exact) mass is 215 g/mol. The van der Waals surface area contributed by atoms with E-state index in [0.717, 1.165) is 13.0 Å². The molecule has 0 saturated carbocycles. The summed E-state index contributed by atoms with van der Waals surface area (Å²) < 4.78 is 5.25. The summed E-state index contributed by atoms with van der Waals surface area (Å²) in [7, 11) is 0. The zero-order valence-electron chi connectivity index (χ0n) is 10.7. The summed E-state index contributed by atoms with van der Waals surface area (Å²) >= 11 is 0. The predicted octanol–water partition coefficient (Wildman–Crippen LogP) is 2.35. The maximum Gasteiger partial charge on any atom is 0.306 e. The van der Waals surface area contributed by atoms with E-state index in [9.17, 15) is 4.79 Å². The minimum absolute atomic E-state index is 0.0237. The number of ether oxygens (including phenoxy) is 1. The van der Waals surface area contributed by atoms with Gasteiger partial charge in [-0.2, -0.15) is 0 Å². The number of rotatable bonds is 7. The molecule has 0 aromatic rings. The van der Waals surface area contributed by atoms with E-state index in [-0.39, 0.29) is 12.1 Å². The lowest BCUT2D eigenvalue weighted by atomic mass is 10.1. The van der Waals surface area contributed by atoms with Crippen LogP contribution in [-0.4, -0.2) is 24.7 Å². The Balaban J connectivity index is 3.49. The highest BCUT2D eigenvalue weighted by Gasteiger charge is 2.12. The van der Waals surface area contributed by atoms with Gasteiger partial charge in [-0.05, 0) is 25.8 Å². The second kappa shape index (κ2) is 7.69. The van der Waals surface area contributed by atoms with E-state index in [1.54, 1.807) is 0 Å². The number of hydrogen-bond acceptors (Lipinski definition) is 3. The Hall–Kier alpha value is -0.570. The van der Waals surface area contributed by atoms with Crippen molar-refractivity contribution in [2.45, 2.75) is 59.6 Å². The smallest absolute Gasteiger partial charge is 0.306 e. The maximum atomic E-state index is 11.4. The molecular weight excluding hydrogens is 190 g/mol. The highest BCUT2D eigenvalue weighted by molar-refractivity contribution is 5.69. The summed E-state index contributed by atoms with van der Waals surface area (Å²) in [4.78, 5) is 11.4. The molecule has 0 heterocycles. The molecule has 0 aromatic heterocycles. The molecule has 0 fully saturated rings. The van der Waals surface area contributed by atoms with Gasteiger partial charge in [-0.15, -0.1) is 0 Å². The van der Waals surface area contributed by atoms with Gasteiger partial charge in [0.05, 0.1) is 0 Å². The molecule has 0 aromatic carbocycles. The quantitative estimate of drug-likeness (QED) is 0.523. The van der Waals surface area contributed by atoms with E-state index >= 15 is 0 Å². The highest BCUT2D eigenvalue weighted by Crippen LogP contribution is 2.06. The first-order chi connectivity index (χ1) is 6.93. The number of nitrogens with one attached hydrogen (secondary N) is 1. The van der Waals surface area contributed by atoms with Gasteiger partial charge in [0.15, 0.2) is 0 Å². The Labute approximate surface area is 93.6 Å². The molecule has 15 heavy (non-hydrogen) atoms. The van der Waals surface area contributed by atoms with Gasteiger partial charge in [0.2, 0.25) is 0 Å². The normalized spacial score (nSPS) is 13.3. The predicted molar refractivity (Wildman–Crippen MR) is 62.8 cm³/mol. The van der Waals surface area contributed by atoms with Crippen LogP contribution in [0.5, 0.6) is 0 Å². The van der Waals surface area contributed by atoms with E-state index in [4.69, 9.17) is 4.74 Å². The van der Waals surface area contributed by atoms with Crippen molar-refractivity contribution in [2.24, 2.45) is 5.92 Å². The van der Waals surface area contributed by atoms with Crippen LogP contribution in [0.2, 0.25) is 0 Å². The first kappa shape index (κ1) is 14.4. The van der Waals surface area contributed by atoms with Crippen LogP contribution < -0.4 is 5.32 Å². The van der Waals surface area contributed by atoms with E-state index in [0.29, 0.717) is 18.4 Å². The molecule has 1 unspecified atom stereocenters. The second-order valence-corrected chi connectivity index (χ2v) is 4.65. The Morgan fingerprint density at radius 2 is 1.80 bits per heavy atom. The summed E-state index contributed by atoms with van der Waals surface area (Å²) in [6.07, 6.45) is 1.38. The summed E-state index contributed by atoms with van der Waals surface area (Å²) in [6, 6.07) is 0.482. The highest BCUT2D eigenvalue weighted by atomic mass is 16.5. The van der Waals surface area contributed by atoms with Crippen LogP contribution in [0.3, 0.4) is 0 Å². The molecule has 0 radical (unpaired) electrons. The Morgan fingerprint density at radius 1 is 1.20 bits per heavy atom. The molecule has 0 aliphatic heterocycles. The molecular formula is C12H25NO2. The van der Waals surface area contributed by atoms with Crippen molar-refractivity contribution in [3.63, 3.8) is 0 Å². The minimum Gasteiger partial charge on any atom is -0.462 e. The van der Waals surface area contributed by atoms with Crippen molar-refractivity contribution >= 4 is 5.97 Å². The van der Waals surface area contributed by atoms with Crippen molar-refractivity contribution in [3.05, 3.63) is 0 Å². The van der Waals surface area contributed by atoms with Gasteiger partial charge in [0, 0.05) is 12.5 Å². The van der Waals surface area contributed by atoms with Crippen LogP contribution in [0.4, 0.5) is 0 Å². The first-order valence-electron chi connectivity index (χ1n) is 5.86. The number of esters is 1. The molecule has 90 valence electrons. The van der Waals surface area contributed by atoms with E-state index in [1.807, 2.05) is 6.92 Å². The Bertz CT molecular complexity index is 178. The third-order valence-corrected chi connectivity index (χ3v) is 2.37. The molecule has 3 nitrogen and oxygen atoms in total. The summed E-state index contributed by atoms with van der Waals surface area (Å²) in [5.74, 6) is 0.310. The molecule has 0 amide bonds. The number of carbonyl (C=O) groups excluding carboxylic acids is 1. The first-order valence-corrected chi connectivity index (χ1v) is 5.86. The zero-order valence-corrected chi connectivity index (χ0v) is 10.7. The van der Waals surface area contributed by atoms with Crippen LogP contribution in [0, 0.1) is 5.92 Å². The Morgan fingerprint density at radius 3 is 2.27 bits per heavy atom. The number of hydrogen-bond donors (Lipinski definition) is 1. The van der Waals surface area contributed by atoms with E-state index < -0.39 is 0 Å². The minimum atomic E-state index is -0.0817. The lowest BCUT2D eigenvalue weighted by Gasteiger charge is -2.16. The molecule has 1 N–H and O–H groups in total. The summed E-state index contributed by atoms with van der Waals surface area (Å²) in [6.45, 7) is 11.1. The lowest BCUT2D eigenvalue weighted by molar-refractivity contribution is -0.150. The van der Waals surface area contributed by atoms with Crippen LogP contribution in [0.15, 0.2) is 0 Å². The molecule has 0 saturated heterocycles. The van der Waals surface area contributed by atoms with Crippen molar-refractivity contribution in [2.75, 3.05) is 6.54 Å². The van der Waals surface area contributed by atoms with E-state index in [2.05, 4.69) is 33.0 Å². The van der Waals surface area contributed by atoms with Crippen LogP contribution in [0.25, 0.3) is 0 Å². The van der Waals surface area contributed by atoms with Crippen molar-refractivity contribution < 1.29 is 9.53 Å². The van der Waals surface area contributed by atoms with Crippen LogP contribution >= 0.6 is 0 Å². The molecule has 0 bridgehead atoms. The SMILES string of the molecule is CC(C)NCCCC(=O)OC(C)C(C)C. The molecule has 1 atom stereocenters. The largest absolute Gasteiger partial charge is 0.462 e. The molecule has 0 spiro atoms. The van der Waals surface area contributed by atoms with Gasteiger partial charge in [-0.1, -0.05) is 27.7 Å². The summed E-state index contributed by atoms with van der Waals surface area (Å²) in [5.41, 5.74) is 0. The summed E-state index contributed by atoms with van der Waals surface area (Å²) in [5, 5.41) is 3.27. The molecule has 0 aliphatic carbocycles. The standard InChI is InChI=1S/C12H25NO2/c1-9(2)11(5)15-12(14)7-6-8-13-10(3)4/h9-11,13H,6-8H2,1-5H3. The molecule has 0 aliphatic rings. The fourth-order valence-electron chi connectivity index (χ4n) is 1.03. The van der Waals surface area contributed by atoms with Crippen molar-refractivity contribution in [1.82, 2.24) is 5.32 Å². The van der Waals surface area contributed by atoms with Gasteiger partial charge in [-0.25, -0.2) is 0 Å². The third-order valence-electron chi connectivity index (χ3n) is 2.37. The third kappa shape index (κ3) is 8.43. The van der Waals surface area contributed by atoms with Crippen LogP contribution in [0.1, 0.15) is 47.5 Å². The van der Waals surface area contributed by atoms with E-state index in [1.165, 1.54) is 0 Å². The maximum absolute atomic E-state index is 11.4. The van der Waals surface area contributed by atoms with Crippen molar-refractivity contribution in [1.29, 1.82) is 0 Å². The Kier molecular flexibility index (Phi) is 7.39. The fourth-order valence-corrected chi connectivity index (χ4v) is 1.03. The average Bonchev–Trinajstić information content (AvgIpc) is 2.12. The molecule has 0 rings (SSSR count). The molecule has 3 heteroatoms. The lowest BCUT2D eigenvalue weighted by Crippen LogP contribution is -2.25. The van der Waals surface area contributed by atoms with Crippen LogP contribution in [-0.2, 0) is 9.53 Å². The van der Waals surface area contributed by atoms with Gasteiger partial charge in [-0.3, -0.25) is 4.79 Å². The topological polar surface area (TPSA) is 38.3 Å². The van der Waals surface area contributed by atoms with Gasteiger partial charge >= 0.3 is 5.97 Å². The van der Waals surface area contributed by atoms with Gasteiger partial charge < -0.3 is 10.1 Å².